The highest BCUT2D eigenvalue weighted by Crippen LogP contribution is 2.27. The van der Waals surface area contributed by atoms with Crippen molar-refractivity contribution in [1.82, 2.24) is 21.9 Å². The van der Waals surface area contributed by atoms with E-state index in [-0.39, 0.29) is 33.8 Å². The Balaban J connectivity index is 2.44. The predicted octanol–water partition coefficient (Wildman–Crippen LogP) is -2.38. The van der Waals surface area contributed by atoms with Crippen molar-refractivity contribution in [3.05, 3.63) is 58.7 Å². The summed E-state index contributed by atoms with van der Waals surface area (Å²) in [6, 6.07) is 7.38. The normalized spacial score (nSPS) is 10.2. The Kier molecular flexibility index (Phi) is 9.11. The lowest BCUT2D eigenvalue weighted by Gasteiger charge is -2.13. The van der Waals surface area contributed by atoms with Crippen molar-refractivity contribution in [3.63, 3.8) is 0 Å². The van der Waals surface area contributed by atoms with E-state index < -0.39 is 23.6 Å². The van der Waals surface area contributed by atoms with E-state index in [1.165, 1.54) is 24.3 Å². The number of nitrogens with one attached hydrogen (secondary N) is 4. The van der Waals surface area contributed by atoms with Crippen LogP contribution in [0.4, 0.5) is 0 Å². The number of carbonyl (C=O) groups is 4. The third-order valence-corrected chi connectivity index (χ3v) is 3.80. The van der Waals surface area contributed by atoms with Gasteiger partial charge in [0.1, 0.15) is 11.5 Å². The fraction of sp³-hybridized carbons (Fsp3) is 0. The van der Waals surface area contributed by atoms with Crippen LogP contribution >= 0.6 is 0 Å². The highest BCUT2D eigenvalue weighted by atomic mass is 16.8. The summed E-state index contributed by atoms with van der Waals surface area (Å²) in [5, 5.41) is 0. The number of benzene rings is 2. The molecule has 0 atom stereocenters. The summed E-state index contributed by atoms with van der Waals surface area (Å²) in [5.41, 5.74) is 6.58. The molecule has 0 aliphatic rings. The summed E-state index contributed by atoms with van der Waals surface area (Å²) in [6.45, 7) is 0. The second-order valence-corrected chi connectivity index (χ2v) is 5.71. The standard InChI is InChI=1S/C16H18N8O9/c17-30-21-13(25)9-3-1-7(5-11(9)15(27)23-32-19)29-8-2-4-10(14(26)22-31-18)12(6-8)16(28)24-33-20/h1-6H,17-20H2,(H,21,25)(H,22,26)(H,23,27)(H,24,28). The molecule has 0 bridgehead atoms. The Bertz CT molecular complexity index is 967. The van der Waals surface area contributed by atoms with Gasteiger partial charge in [-0.25, -0.2) is 21.9 Å². The van der Waals surface area contributed by atoms with Gasteiger partial charge in [0, 0.05) is 0 Å². The number of hydroxylamine groups is 4. The van der Waals surface area contributed by atoms with Crippen molar-refractivity contribution in [2.24, 2.45) is 23.6 Å². The van der Waals surface area contributed by atoms with Crippen molar-refractivity contribution < 1.29 is 43.7 Å². The topological polar surface area (TPSA) is 267 Å². The fourth-order valence-electron chi connectivity index (χ4n) is 2.52. The lowest BCUT2D eigenvalue weighted by Crippen LogP contribution is -2.32. The molecule has 0 heterocycles. The molecule has 176 valence electrons. The zero-order valence-corrected chi connectivity index (χ0v) is 16.4. The van der Waals surface area contributed by atoms with Gasteiger partial charge in [-0.1, -0.05) is 0 Å². The molecule has 0 saturated heterocycles. The second kappa shape index (κ2) is 12.0. The zero-order valence-electron chi connectivity index (χ0n) is 16.4. The molecule has 4 amide bonds. The molecule has 12 N–H and O–H groups in total. The van der Waals surface area contributed by atoms with E-state index in [2.05, 4.69) is 19.8 Å². The number of carbonyl (C=O) groups excluding carboxylic acids is 4. The van der Waals surface area contributed by atoms with E-state index in [1.54, 1.807) is 0 Å². The third-order valence-electron chi connectivity index (χ3n) is 3.80. The van der Waals surface area contributed by atoms with Gasteiger partial charge < -0.3 is 4.74 Å². The second-order valence-electron chi connectivity index (χ2n) is 5.71. The maximum Gasteiger partial charge on any atom is 0.277 e. The van der Waals surface area contributed by atoms with Crippen LogP contribution in [0.1, 0.15) is 41.4 Å². The first-order valence-corrected chi connectivity index (χ1v) is 8.46. The molecular formula is C16H18N8O9. The van der Waals surface area contributed by atoms with E-state index >= 15 is 0 Å². The molecule has 0 radical (unpaired) electrons. The molecule has 17 nitrogen and oxygen atoms in total. The smallest absolute Gasteiger partial charge is 0.277 e. The summed E-state index contributed by atoms with van der Waals surface area (Å²) in [6.07, 6.45) is 0. The van der Waals surface area contributed by atoms with Crippen molar-refractivity contribution in [2.75, 3.05) is 0 Å². The molecular weight excluding hydrogens is 448 g/mol. The van der Waals surface area contributed by atoms with E-state index in [0.29, 0.717) is 0 Å². The van der Waals surface area contributed by atoms with Crippen LogP contribution in [0.3, 0.4) is 0 Å². The van der Waals surface area contributed by atoms with Gasteiger partial charge in [-0.05, 0) is 36.4 Å². The fourth-order valence-corrected chi connectivity index (χ4v) is 2.52. The SMILES string of the molecule is NONC(=O)c1ccc(Oc2ccc(C(=O)NON)c(C(=O)NON)c2)cc1C(=O)NON. The summed E-state index contributed by atoms with van der Waals surface area (Å²) < 4.78 is 5.63. The molecule has 33 heavy (non-hydrogen) atoms. The number of rotatable bonds is 10. The molecule has 2 aromatic rings. The highest BCUT2D eigenvalue weighted by Gasteiger charge is 2.21. The minimum atomic E-state index is -0.904. The molecule has 2 aromatic carbocycles. The van der Waals surface area contributed by atoms with Gasteiger partial charge in [-0.15, -0.1) is 0 Å². The quantitative estimate of drug-likeness (QED) is 0.170. The minimum Gasteiger partial charge on any atom is -0.457 e. The van der Waals surface area contributed by atoms with Crippen LogP contribution < -0.4 is 50.2 Å². The molecule has 0 saturated carbocycles. The Morgan fingerprint density at radius 3 is 1.12 bits per heavy atom. The molecule has 0 aliphatic carbocycles. The van der Waals surface area contributed by atoms with Crippen LogP contribution in [0.5, 0.6) is 11.5 Å². The molecule has 0 fully saturated rings. The van der Waals surface area contributed by atoms with E-state index in [9.17, 15) is 19.2 Å². The average molecular weight is 466 g/mol. The van der Waals surface area contributed by atoms with E-state index in [1.807, 2.05) is 21.9 Å². The van der Waals surface area contributed by atoms with Gasteiger partial charge in [0.05, 0.1) is 22.3 Å². The average Bonchev–Trinajstić information content (AvgIpc) is 2.79. The molecule has 0 aliphatic heterocycles. The van der Waals surface area contributed by atoms with Crippen molar-refractivity contribution >= 4 is 23.6 Å². The van der Waals surface area contributed by atoms with Gasteiger partial charge in [-0.3, -0.25) is 19.2 Å². The van der Waals surface area contributed by atoms with E-state index in [0.717, 1.165) is 12.1 Å². The van der Waals surface area contributed by atoms with Crippen LogP contribution in [-0.4, -0.2) is 23.6 Å². The highest BCUT2D eigenvalue weighted by molar-refractivity contribution is 6.07. The summed E-state index contributed by atoms with van der Waals surface area (Å²) >= 11 is 0. The van der Waals surface area contributed by atoms with Crippen LogP contribution in [0.25, 0.3) is 0 Å². The number of hydrogen-bond acceptors (Lipinski definition) is 13. The Hall–Kier alpha value is -4.20. The minimum absolute atomic E-state index is 0.0336. The van der Waals surface area contributed by atoms with Crippen LogP contribution in [0.15, 0.2) is 36.4 Å². The number of amides is 4. The first-order chi connectivity index (χ1) is 15.9. The summed E-state index contributed by atoms with van der Waals surface area (Å²) in [4.78, 5) is 64.8. The molecule has 2 rings (SSSR count). The van der Waals surface area contributed by atoms with Crippen LogP contribution in [-0.2, 0) is 19.8 Å². The van der Waals surface area contributed by atoms with Gasteiger partial charge >= 0.3 is 0 Å². The molecule has 0 unspecified atom stereocenters. The van der Waals surface area contributed by atoms with Crippen molar-refractivity contribution in [3.8, 4) is 11.5 Å². The summed E-state index contributed by atoms with van der Waals surface area (Å²) in [5.74, 6) is 15.8. The van der Waals surface area contributed by atoms with Crippen LogP contribution in [0, 0.1) is 0 Å². The van der Waals surface area contributed by atoms with Gasteiger partial charge in [0.15, 0.2) is 0 Å². The number of nitrogens with two attached hydrogens (primary N) is 4. The largest absolute Gasteiger partial charge is 0.457 e. The van der Waals surface area contributed by atoms with Crippen molar-refractivity contribution in [1.29, 1.82) is 0 Å². The lowest BCUT2D eigenvalue weighted by atomic mass is 10.1. The number of ether oxygens (including phenoxy) is 1. The van der Waals surface area contributed by atoms with Gasteiger partial charge in [-0.2, -0.15) is 43.3 Å². The van der Waals surface area contributed by atoms with Gasteiger partial charge in [0.2, 0.25) is 0 Å². The summed E-state index contributed by atoms with van der Waals surface area (Å²) in [7, 11) is 0. The first kappa shape index (κ1) is 25.1. The van der Waals surface area contributed by atoms with Crippen LogP contribution in [0.2, 0.25) is 0 Å². The molecule has 0 spiro atoms. The third kappa shape index (κ3) is 6.39. The maximum absolute atomic E-state index is 12.2. The van der Waals surface area contributed by atoms with Gasteiger partial charge in [0.25, 0.3) is 23.6 Å². The van der Waals surface area contributed by atoms with E-state index in [4.69, 9.17) is 28.3 Å². The molecule has 17 heteroatoms. The Morgan fingerprint density at radius 2 is 0.818 bits per heavy atom. The van der Waals surface area contributed by atoms with Crippen molar-refractivity contribution in [2.45, 2.75) is 0 Å². The first-order valence-electron chi connectivity index (χ1n) is 8.46. The Labute approximate surface area is 183 Å². The lowest BCUT2D eigenvalue weighted by molar-refractivity contribution is 0.0281. The Morgan fingerprint density at radius 1 is 0.515 bits per heavy atom. The molecule has 0 aromatic heterocycles. The zero-order chi connectivity index (χ0) is 24.4. The number of hydrogen-bond donors (Lipinski definition) is 8. The monoisotopic (exact) mass is 466 g/mol. The predicted molar refractivity (Wildman–Crippen MR) is 104 cm³/mol. The maximum atomic E-state index is 12.2.